The predicted octanol–water partition coefficient (Wildman–Crippen LogP) is 12.2. The van der Waals surface area contributed by atoms with Gasteiger partial charge in [-0.15, -0.1) is 0 Å². The zero-order valence-electron chi connectivity index (χ0n) is 28.1. The minimum Gasteiger partial charge on any atom is -0.264 e. The summed E-state index contributed by atoms with van der Waals surface area (Å²) in [5, 5.41) is 10.1. The number of benzene rings is 8. The summed E-state index contributed by atoms with van der Waals surface area (Å²) < 4.78 is 0. The van der Waals surface area contributed by atoms with Crippen LogP contribution in [0.15, 0.2) is 182 Å². The average Bonchev–Trinajstić information content (AvgIpc) is 3.24. The maximum atomic E-state index is 5.05. The lowest BCUT2D eigenvalue weighted by Crippen LogP contribution is -2.00. The molecule has 52 heavy (non-hydrogen) atoms. The van der Waals surface area contributed by atoms with Crippen molar-refractivity contribution in [2.24, 2.45) is 0 Å². The van der Waals surface area contributed by atoms with E-state index in [-0.39, 0.29) is 0 Å². The Bertz CT molecular complexity index is 2940. The third-order valence-electron chi connectivity index (χ3n) is 9.99. The van der Waals surface area contributed by atoms with Crippen LogP contribution in [0, 0.1) is 0 Å². The lowest BCUT2D eigenvalue weighted by molar-refractivity contribution is 1.07. The van der Waals surface area contributed by atoms with Crippen molar-refractivity contribution < 1.29 is 0 Å². The minimum absolute atomic E-state index is 0.623. The molecule has 0 fully saturated rings. The smallest absolute Gasteiger partial charge is 0.164 e. The van der Waals surface area contributed by atoms with Gasteiger partial charge in [0.1, 0.15) is 0 Å². The molecule has 0 bridgehead atoms. The number of aromatic nitrogens is 4. The molecule has 10 aromatic rings. The van der Waals surface area contributed by atoms with E-state index in [0.717, 1.165) is 33.4 Å². The van der Waals surface area contributed by atoms with Gasteiger partial charge in [0.2, 0.25) is 0 Å². The van der Waals surface area contributed by atoms with Crippen molar-refractivity contribution >= 4 is 43.1 Å². The molecule has 0 saturated carbocycles. The van der Waals surface area contributed by atoms with E-state index in [2.05, 4.69) is 132 Å². The fourth-order valence-corrected chi connectivity index (χ4v) is 7.53. The molecule has 2 aromatic heterocycles. The summed E-state index contributed by atoms with van der Waals surface area (Å²) in [6, 6.07) is 59.8. The first kappa shape index (κ1) is 29.8. The predicted molar refractivity (Wildman–Crippen MR) is 215 cm³/mol. The van der Waals surface area contributed by atoms with E-state index in [0.29, 0.717) is 17.5 Å². The van der Waals surface area contributed by atoms with Crippen molar-refractivity contribution in [1.29, 1.82) is 0 Å². The van der Waals surface area contributed by atoms with Gasteiger partial charge >= 0.3 is 0 Å². The zero-order chi connectivity index (χ0) is 34.4. The van der Waals surface area contributed by atoms with Crippen molar-refractivity contribution in [2.45, 2.75) is 0 Å². The number of pyridine rings is 1. The lowest BCUT2D eigenvalue weighted by atomic mass is 9.87. The van der Waals surface area contributed by atoms with E-state index >= 15 is 0 Å². The van der Waals surface area contributed by atoms with Gasteiger partial charge in [-0.2, -0.15) is 0 Å². The summed E-state index contributed by atoms with van der Waals surface area (Å²) in [5.41, 5.74) is 7.22. The highest BCUT2D eigenvalue weighted by Gasteiger charge is 2.17. The van der Waals surface area contributed by atoms with Gasteiger partial charge in [-0.3, -0.25) is 4.98 Å². The SMILES string of the molecule is c1ccc(-c2nc(-c3ccc(-c4cc5c6ccccc6c6ccccc6c5c5ccccc45)cc3)nc(-c3cccc(-c4cccnc4)c3)n2)cc1. The first-order valence-electron chi connectivity index (χ1n) is 17.5. The largest absolute Gasteiger partial charge is 0.264 e. The molecule has 10 rings (SSSR count). The summed E-state index contributed by atoms with van der Waals surface area (Å²) in [6.45, 7) is 0. The molecule has 0 unspecified atom stereocenters. The Labute approximate surface area is 300 Å². The number of hydrogen-bond donors (Lipinski definition) is 0. The minimum atomic E-state index is 0.623. The van der Waals surface area contributed by atoms with Crippen molar-refractivity contribution in [3.8, 4) is 56.4 Å². The van der Waals surface area contributed by atoms with Crippen LogP contribution in [0.3, 0.4) is 0 Å². The standard InChI is InChI=1S/C48H30N4/c1-2-12-32(13-3-1)46-50-47(52-48(51-46)35-15-10-14-34(28-35)36-16-11-27-49-30-36)33-25-23-31(24-26-33)43-29-44-39-19-5-4-17-37(39)38-18-6-8-21-41(38)45(44)42-22-9-7-20-40(42)43/h1-30H. The molecule has 0 atom stereocenters. The third kappa shape index (κ3) is 5.09. The van der Waals surface area contributed by atoms with Crippen LogP contribution >= 0.6 is 0 Å². The van der Waals surface area contributed by atoms with Crippen molar-refractivity contribution in [1.82, 2.24) is 19.9 Å². The molecule has 0 saturated heterocycles. The van der Waals surface area contributed by atoms with Gasteiger partial charge in [-0.05, 0) is 78.0 Å². The number of hydrogen-bond acceptors (Lipinski definition) is 4. The molecule has 4 heteroatoms. The van der Waals surface area contributed by atoms with Crippen LogP contribution in [-0.4, -0.2) is 19.9 Å². The third-order valence-corrected chi connectivity index (χ3v) is 9.99. The highest BCUT2D eigenvalue weighted by Crippen LogP contribution is 2.43. The highest BCUT2D eigenvalue weighted by molar-refractivity contribution is 6.33. The summed E-state index contributed by atoms with van der Waals surface area (Å²) >= 11 is 0. The van der Waals surface area contributed by atoms with Gasteiger partial charge < -0.3 is 0 Å². The lowest BCUT2D eigenvalue weighted by Gasteiger charge is -2.16. The molecule has 242 valence electrons. The molecule has 8 aromatic carbocycles. The Balaban J connectivity index is 1.13. The van der Waals surface area contributed by atoms with Crippen LogP contribution in [-0.2, 0) is 0 Å². The molecule has 0 aliphatic carbocycles. The first-order chi connectivity index (χ1) is 25.8. The van der Waals surface area contributed by atoms with Crippen LogP contribution < -0.4 is 0 Å². The van der Waals surface area contributed by atoms with E-state index < -0.39 is 0 Å². The van der Waals surface area contributed by atoms with Crippen LogP contribution in [0.5, 0.6) is 0 Å². The van der Waals surface area contributed by atoms with E-state index in [4.69, 9.17) is 15.0 Å². The van der Waals surface area contributed by atoms with Crippen LogP contribution in [0.1, 0.15) is 0 Å². The monoisotopic (exact) mass is 662 g/mol. The molecule has 0 aliphatic heterocycles. The van der Waals surface area contributed by atoms with Crippen molar-refractivity contribution in [3.63, 3.8) is 0 Å². The molecular formula is C48H30N4. The summed E-state index contributed by atoms with van der Waals surface area (Å²) in [6.07, 6.45) is 3.66. The van der Waals surface area contributed by atoms with Gasteiger partial charge in [-0.1, -0.05) is 152 Å². The molecule has 0 spiro atoms. The Hall–Kier alpha value is -7.04. The van der Waals surface area contributed by atoms with Gasteiger partial charge in [-0.25, -0.2) is 15.0 Å². The molecule has 0 amide bonds. The Morgan fingerprint density at radius 3 is 1.44 bits per heavy atom. The topological polar surface area (TPSA) is 51.6 Å². The Morgan fingerprint density at radius 1 is 0.288 bits per heavy atom. The van der Waals surface area contributed by atoms with Crippen LogP contribution in [0.4, 0.5) is 0 Å². The zero-order valence-corrected chi connectivity index (χ0v) is 28.1. The quantitative estimate of drug-likeness (QED) is 0.172. The molecule has 0 radical (unpaired) electrons. The Kier molecular flexibility index (Phi) is 7.10. The molecular weight excluding hydrogens is 633 g/mol. The summed E-state index contributed by atoms with van der Waals surface area (Å²) in [7, 11) is 0. The van der Waals surface area contributed by atoms with Gasteiger partial charge in [0, 0.05) is 34.6 Å². The second-order valence-electron chi connectivity index (χ2n) is 13.1. The molecule has 0 aliphatic rings. The number of fused-ring (bicyclic) bond motifs is 8. The van der Waals surface area contributed by atoms with Gasteiger partial charge in [0.05, 0.1) is 0 Å². The van der Waals surface area contributed by atoms with Crippen LogP contribution in [0.2, 0.25) is 0 Å². The molecule has 2 heterocycles. The normalized spacial score (nSPS) is 11.5. The van der Waals surface area contributed by atoms with E-state index in [1.807, 2.05) is 48.7 Å². The van der Waals surface area contributed by atoms with E-state index in [9.17, 15) is 0 Å². The molecule has 0 N–H and O–H groups in total. The number of nitrogens with zero attached hydrogens (tertiary/aromatic N) is 4. The maximum Gasteiger partial charge on any atom is 0.164 e. The average molecular weight is 663 g/mol. The van der Waals surface area contributed by atoms with Gasteiger partial charge in [0.25, 0.3) is 0 Å². The number of rotatable bonds is 5. The molecule has 4 nitrogen and oxygen atoms in total. The van der Waals surface area contributed by atoms with Gasteiger partial charge in [0.15, 0.2) is 17.5 Å². The highest BCUT2D eigenvalue weighted by atomic mass is 15.0. The summed E-state index contributed by atoms with van der Waals surface area (Å²) in [4.78, 5) is 19.3. The fraction of sp³-hybridized carbons (Fsp3) is 0. The van der Waals surface area contributed by atoms with Crippen LogP contribution in [0.25, 0.3) is 99.5 Å². The maximum absolute atomic E-state index is 5.05. The Morgan fingerprint density at radius 2 is 0.769 bits per heavy atom. The summed E-state index contributed by atoms with van der Waals surface area (Å²) in [5.74, 6) is 1.89. The fourth-order valence-electron chi connectivity index (χ4n) is 7.53. The van der Waals surface area contributed by atoms with Crippen molar-refractivity contribution in [3.05, 3.63) is 182 Å². The van der Waals surface area contributed by atoms with E-state index in [1.54, 1.807) is 6.20 Å². The van der Waals surface area contributed by atoms with Crippen molar-refractivity contribution in [2.75, 3.05) is 0 Å². The second kappa shape index (κ2) is 12.4. The first-order valence-corrected chi connectivity index (χ1v) is 17.5. The second-order valence-corrected chi connectivity index (χ2v) is 13.1. The van der Waals surface area contributed by atoms with E-state index in [1.165, 1.54) is 48.7 Å².